The highest BCUT2D eigenvalue weighted by atomic mass is 31.2. The first-order valence-corrected chi connectivity index (χ1v) is 19.2. The lowest BCUT2D eigenvalue weighted by molar-refractivity contribution is -0.139. The first-order chi connectivity index (χ1) is 27.3. The molecule has 0 saturated carbocycles. The average molecular weight is 831 g/mol. The van der Waals surface area contributed by atoms with Crippen molar-refractivity contribution in [3.8, 4) is 5.75 Å². The second-order valence-corrected chi connectivity index (χ2v) is 15.5. The number of hydrogen-bond donors (Lipinski definition) is 8. The molecule has 2 aliphatic heterocycles. The molecule has 7 unspecified atom stereocenters. The third-order valence-corrected chi connectivity index (χ3v) is 10.2. The molecule has 1 saturated heterocycles. The number of aromatic nitrogens is 3. The van der Waals surface area contributed by atoms with Gasteiger partial charge in [-0.1, -0.05) is 30.3 Å². The van der Waals surface area contributed by atoms with E-state index in [-0.39, 0.29) is 36.7 Å². The van der Waals surface area contributed by atoms with Crippen LogP contribution in [0, 0.1) is 0 Å². The maximum Gasteiger partial charge on any atom is 0.530 e. The van der Waals surface area contributed by atoms with Gasteiger partial charge in [0.2, 0.25) is 29.5 Å². The maximum atomic E-state index is 13.7. The van der Waals surface area contributed by atoms with Crippen LogP contribution >= 0.6 is 7.82 Å². The Kier molecular flexibility index (Phi) is 13.6. The van der Waals surface area contributed by atoms with Gasteiger partial charge in [0.25, 0.3) is 5.91 Å². The normalized spacial score (nSPS) is 22.4. The number of hydrogen-bond acceptors (Lipinski definition) is 15. The van der Waals surface area contributed by atoms with Crippen molar-refractivity contribution in [1.29, 1.82) is 0 Å². The molecule has 5 amide bonds. The number of nitrogens with two attached hydrogens (primary N) is 1. The fraction of sp³-hybridized carbons (Fsp3) is 0.429. The number of rotatable bonds is 17. The predicted molar refractivity (Wildman–Crippen MR) is 197 cm³/mol. The van der Waals surface area contributed by atoms with Gasteiger partial charge in [-0.2, -0.15) is 0 Å². The Morgan fingerprint density at radius 3 is 2.43 bits per heavy atom. The summed E-state index contributed by atoms with van der Waals surface area (Å²) >= 11 is 0. The summed E-state index contributed by atoms with van der Waals surface area (Å²) in [5.74, 6) is -5.06. The van der Waals surface area contributed by atoms with Crippen molar-refractivity contribution in [3.05, 3.63) is 71.8 Å². The van der Waals surface area contributed by atoms with Gasteiger partial charge in [-0.3, -0.25) is 37.8 Å². The molecule has 2 aliphatic rings. The van der Waals surface area contributed by atoms with Crippen LogP contribution in [-0.2, 0) is 55.3 Å². The van der Waals surface area contributed by atoms with Gasteiger partial charge < -0.3 is 51.6 Å². The fourth-order valence-electron chi connectivity index (χ4n) is 5.69. The summed E-state index contributed by atoms with van der Waals surface area (Å²) < 4.78 is 36.3. The van der Waals surface area contributed by atoms with Gasteiger partial charge in [-0.25, -0.2) is 14.2 Å². The number of primary amides is 1. The molecule has 312 valence electrons. The van der Waals surface area contributed by atoms with E-state index in [1.165, 1.54) is 39.0 Å². The zero-order chi connectivity index (χ0) is 42.4. The quantitative estimate of drug-likeness (QED) is 0.0807. The highest BCUT2D eigenvalue weighted by Crippen LogP contribution is 2.55. The molecule has 1 aromatic heterocycles. The number of benzene rings is 2. The number of aliphatic carboxylic acids is 1. The van der Waals surface area contributed by atoms with Crippen LogP contribution in [0.15, 0.2) is 54.9 Å². The number of amides is 5. The maximum absolute atomic E-state index is 13.7. The number of phosphoric acid groups is 1. The number of fused-ring (bicyclic) bond motifs is 1. The molecule has 0 bridgehead atoms. The van der Waals surface area contributed by atoms with Crippen molar-refractivity contribution in [1.82, 2.24) is 30.7 Å². The number of aliphatic hydroxyl groups excluding tert-OH is 2. The molecule has 5 rings (SSSR count). The van der Waals surface area contributed by atoms with E-state index in [4.69, 9.17) is 29.1 Å². The first kappa shape index (κ1) is 43.4. The zero-order valence-corrected chi connectivity index (χ0v) is 32.3. The van der Waals surface area contributed by atoms with Crippen LogP contribution < -0.4 is 31.5 Å². The number of aliphatic hydroxyl groups is 2. The predicted octanol–water partition coefficient (Wildman–Crippen LogP) is -0.340. The van der Waals surface area contributed by atoms with E-state index in [1.54, 1.807) is 30.3 Å². The third-order valence-electron chi connectivity index (χ3n) is 8.88. The Labute approximate surface area is 330 Å². The SMILES string of the molecule is CC(NC(=O)C(C)(C)NC(=O)CCC(=O)O)C(=O)NC(Cc1ccccc1)C(=O)Nc1ccc2c(c1)COP(=O)(OCC1OC(n3cnc(C(N)=O)n3)C(O)C1O)O2. The fourth-order valence-corrected chi connectivity index (χ4v) is 6.92. The number of carbonyl (C=O) groups is 6. The molecule has 58 heavy (non-hydrogen) atoms. The third kappa shape index (κ3) is 11.0. The molecule has 0 spiro atoms. The lowest BCUT2D eigenvalue weighted by Crippen LogP contribution is -2.59. The molecule has 1 fully saturated rings. The lowest BCUT2D eigenvalue weighted by atomic mass is 10.0. The van der Waals surface area contributed by atoms with Gasteiger partial charge >= 0.3 is 13.8 Å². The van der Waals surface area contributed by atoms with Crippen LogP contribution in [0.2, 0.25) is 0 Å². The van der Waals surface area contributed by atoms with Gasteiger partial charge in [0.1, 0.15) is 48.0 Å². The number of ether oxygens (including phenoxy) is 1. The van der Waals surface area contributed by atoms with Crippen molar-refractivity contribution in [2.24, 2.45) is 5.73 Å². The molecule has 3 heterocycles. The van der Waals surface area contributed by atoms with Crippen molar-refractivity contribution >= 4 is 49.0 Å². The molecule has 3 aromatic rings. The molecular weight excluding hydrogens is 787 g/mol. The smallest absolute Gasteiger partial charge is 0.481 e. The number of phosphoric ester groups is 1. The van der Waals surface area contributed by atoms with Crippen LogP contribution in [0.4, 0.5) is 5.69 Å². The van der Waals surface area contributed by atoms with E-state index in [2.05, 4.69) is 31.3 Å². The van der Waals surface area contributed by atoms with Gasteiger partial charge in [-0.15, -0.1) is 5.10 Å². The minimum atomic E-state index is -4.28. The molecule has 22 nitrogen and oxygen atoms in total. The second kappa shape index (κ2) is 18.2. The summed E-state index contributed by atoms with van der Waals surface area (Å²) in [4.78, 5) is 77.9. The lowest BCUT2D eigenvalue weighted by Gasteiger charge is -2.28. The topological polar surface area (TPSA) is 322 Å². The van der Waals surface area contributed by atoms with E-state index in [0.717, 1.165) is 11.0 Å². The number of carboxylic acid groups (broad SMARTS) is 1. The van der Waals surface area contributed by atoms with E-state index in [9.17, 15) is 43.5 Å². The number of carboxylic acids is 1. The van der Waals surface area contributed by atoms with Crippen molar-refractivity contribution in [2.45, 2.75) is 88.8 Å². The molecule has 23 heteroatoms. The highest BCUT2D eigenvalue weighted by molar-refractivity contribution is 7.49. The number of nitrogens with zero attached hydrogens (tertiary/aromatic N) is 3. The van der Waals surface area contributed by atoms with Gasteiger partial charge in [0, 0.05) is 24.1 Å². The Bertz CT molecular complexity index is 2080. The van der Waals surface area contributed by atoms with Crippen LogP contribution in [0.5, 0.6) is 5.75 Å². The summed E-state index contributed by atoms with van der Waals surface area (Å²) in [5, 5.41) is 44.0. The van der Waals surface area contributed by atoms with E-state index in [0.29, 0.717) is 11.1 Å². The molecule has 7 atom stereocenters. The monoisotopic (exact) mass is 830 g/mol. The average Bonchev–Trinajstić information content (AvgIpc) is 3.77. The Morgan fingerprint density at radius 2 is 1.76 bits per heavy atom. The minimum Gasteiger partial charge on any atom is -0.481 e. The number of anilines is 1. The zero-order valence-electron chi connectivity index (χ0n) is 31.4. The number of carbonyl (C=O) groups excluding carboxylic acids is 5. The van der Waals surface area contributed by atoms with Crippen LogP contribution in [0.25, 0.3) is 0 Å². The summed E-state index contributed by atoms with van der Waals surface area (Å²) in [5.41, 5.74) is 5.01. The van der Waals surface area contributed by atoms with Gasteiger partial charge in [-0.05, 0) is 44.5 Å². The van der Waals surface area contributed by atoms with Crippen LogP contribution in [0.1, 0.15) is 61.6 Å². The Balaban J connectivity index is 1.18. The number of nitrogens with one attached hydrogen (secondary N) is 4. The minimum absolute atomic E-state index is 0.0618. The molecule has 0 aliphatic carbocycles. The molecule has 9 N–H and O–H groups in total. The van der Waals surface area contributed by atoms with E-state index < -0.39 is 98.5 Å². The summed E-state index contributed by atoms with van der Waals surface area (Å²) in [6.45, 7) is 3.34. The second-order valence-electron chi connectivity index (χ2n) is 13.9. The van der Waals surface area contributed by atoms with Crippen LogP contribution in [0.3, 0.4) is 0 Å². The van der Waals surface area contributed by atoms with Crippen molar-refractivity contribution < 1.29 is 67.0 Å². The summed E-state index contributed by atoms with van der Waals surface area (Å²) in [6.07, 6.45) is -5.17. The van der Waals surface area contributed by atoms with Gasteiger partial charge in [0.15, 0.2) is 6.23 Å². The van der Waals surface area contributed by atoms with Crippen molar-refractivity contribution in [2.75, 3.05) is 11.9 Å². The highest BCUT2D eigenvalue weighted by Gasteiger charge is 2.46. The summed E-state index contributed by atoms with van der Waals surface area (Å²) in [6, 6.07) is 10.9. The molecule has 0 radical (unpaired) electrons. The standard InChI is InChI=1S/C35H43N8O14P/c1-18(38-34(52)35(2,3)41-25(44)11-12-26(45)46)31(50)40-22(13-19-7-5-4-6-8-19)32(51)39-21-9-10-23-20(14-21)15-54-58(53,57-23)55-16-24-27(47)28(48)33(56-24)43-17-37-30(42-43)29(36)49/h4-10,14,17-18,22,24,27-28,33,47-48H,11-13,15-16H2,1-3H3,(H2,36,49)(H,38,52)(H,39,51)(H,40,50)(H,41,44)(H,45,46). The van der Waals surface area contributed by atoms with E-state index in [1.807, 2.05) is 0 Å². The Morgan fingerprint density at radius 1 is 1.03 bits per heavy atom. The first-order valence-electron chi connectivity index (χ1n) is 17.8. The Hall–Kier alpha value is -5.77. The van der Waals surface area contributed by atoms with Crippen LogP contribution in [-0.4, -0.2) is 108 Å². The summed E-state index contributed by atoms with van der Waals surface area (Å²) in [7, 11) is -4.28. The van der Waals surface area contributed by atoms with Gasteiger partial charge in [0.05, 0.1) is 19.6 Å². The van der Waals surface area contributed by atoms with E-state index >= 15 is 0 Å². The molecule has 2 aromatic carbocycles. The largest absolute Gasteiger partial charge is 0.530 e. The molecular formula is C35H43N8O14P. The van der Waals surface area contributed by atoms with Crippen molar-refractivity contribution in [3.63, 3.8) is 0 Å².